The summed E-state index contributed by atoms with van der Waals surface area (Å²) in [6.45, 7) is 5.54. The second kappa shape index (κ2) is 7.52. The Bertz CT molecular complexity index is 883. The molecule has 0 aliphatic rings. The topological polar surface area (TPSA) is 64.1 Å². The molecular formula is C21H23N3O2. The van der Waals surface area contributed by atoms with E-state index >= 15 is 0 Å². The summed E-state index contributed by atoms with van der Waals surface area (Å²) < 4.78 is 5.45. The summed E-state index contributed by atoms with van der Waals surface area (Å²) >= 11 is 0. The van der Waals surface area contributed by atoms with Crippen molar-refractivity contribution in [1.29, 1.82) is 0 Å². The third-order valence-electron chi connectivity index (χ3n) is 3.88. The van der Waals surface area contributed by atoms with Gasteiger partial charge in [0.25, 0.3) is 0 Å². The summed E-state index contributed by atoms with van der Waals surface area (Å²) in [5, 5.41) is 3.90. The zero-order chi connectivity index (χ0) is 18.6. The Balaban J connectivity index is 1.95. The highest BCUT2D eigenvalue weighted by molar-refractivity contribution is 5.81. The molecule has 0 radical (unpaired) electrons. The first-order valence-corrected chi connectivity index (χ1v) is 8.65. The molecule has 1 aromatic heterocycles. The van der Waals surface area contributed by atoms with Crippen LogP contribution in [0.3, 0.4) is 0 Å². The first-order chi connectivity index (χ1) is 12.4. The van der Waals surface area contributed by atoms with E-state index in [2.05, 4.69) is 15.3 Å². The molecule has 1 atom stereocenters. The molecule has 0 saturated carbocycles. The van der Waals surface area contributed by atoms with Crippen molar-refractivity contribution in [3.8, 4) is 0 Å². The quantitative estimate of drug-likeness (QED) is 0.756. The van der Waals surface area contributed by atoms with E-state index in [0.29, 0.717) is 6.42 Å². The first-order valence-electron chi connectivity index (χ1n) is 8.65. The maximum Gasteiger partial charge on any atom is 0.408 e. The Kier molecular flexibility index (Phi) is 5.16. The van der Waals surface area contributed by atoms with Crippen LogP contribution >= 0.6 is 0 Å². The average Bonchev–Trinajstić information content (AvgIpc) is 2.60. The molecule has 2 aromatic carbocycles. The van der Waals surface area contributed by atoms with Crippen LogP contribution in [0.5, 0.6) is 0 Å². The number of para-hydroxylation sites is 1. The van der Waals surface area contributed by atoms with Gasteiger partial charge in [-0.25, -0.2) is 14.8 Å². The van der Waals surface area contributed by atoms with E-state index in [-0.39, 0.29) is 6.04 Å². The van der Waals surface area contributed by atoms with Gasteiger partial charge >= 0.3 is 6.09 Å². The van der Waals surface area contributed by atoms with Crippen LogP contribution in [0.1, 0.15) is 38.1 Å². The average molecular weight is 349 g/mol. The van der Waals surface area contributed by atoms with Crippen LogP contribution in [0.15, 0.2) is 60.9 Å². The van der Waals surface area contributed by atoms with E-state index in [0.717, 1.165) is 22.2 Å². The van der Waals surface area contributed by atoms with Crippen LogP contribution in [0.25, 0.3) is 10.9 Å². The number of hydrogen-bond acceptors (Lipinski definition) is 4. The lowest BCUT2D eigenvalue weighted by atomic mass is 10.00. The number of benzene rings is 2. The molecule has 1 N–H and O–H groups in total. The second-order valence-electron chi connectivity index (χ2n) is 7.16. The zero-order valence-electron chi connectivity index (χ0n) is 15.3. The number of rotatable bonds is 4. The molecule has 0 aliphatic heterocycles. The summed E-state index contributed by atoms with van der Waals surface area (Å²) in [6, 6.07) is 17.5. The molecule has 0 spiro atoms. The highest BCUT2D eigenvalue weighted by atomic mass is 16.6. The normalized spacial score (nSPS) is 12.6. The fourth-order valence-corrected chi connectivity index (χ4v) is 2.82. The molecule has 3 rings (SSSR count). The van der Waals surface area contributed by atoms with E-state index in [1.807, 2.05) is 75.4 Å². The molecule has 0 fully saturated rings. The predicted molar refractivity (Wildman–Crippen MR) is 102 cm³/mol. The lowest BCUT2D eigenvalue weighted by molar-refractivity contribution is 0.0502. The molecule has 1 amide bonds. The first kappa shape index (κ1) is 17.9. The standard InChI is InChI=1S/C21H23N3O2/c1-21(2,3)26-20(25)24-18(13-15-9-5-4-6-10-15)19-16-11-7-8-12-17(16)22-14-23-19/h4-12,14,18H,13H2,1-3H3,(H,24,25). The molecule has 0 saturated heterocycles. The maximum atomic E-state index is 12.4. The van der Waals surface area contributed by atoms with Crippen molar-refractivity contribution in [2.75, 3.05) is 0 Å². The van der Waals surface area contributed by atoms with Gasteiger partial charge in [0, 0.05) is 5.39 Å². The Hall–Kier alpha value is -2.95. The minimum atomic E-state index is -0.560. The highest BCUT2D eigenvalue weighted by Crippen LogP contribution is 2.24. The molecule has 1 heterocycles. The molecule has 5 heteroatoms. The number of carbonyl (C=O) groups is 1. The number of aromatic nitrogens is 2. The van der Waals surface area contributed by atoms with Crippen LogP contribution in [0.2, 0.25) is 0 Å². The Morgan fingerprint density at radius 2 is 1.73 bits per heavy atom. The van der Waals surface area contributed by atoms with Crippen LogP contribution in [-0.2, 0) is 11.2 Å². The van der Waals surface area contributed by atoms with Gasteiger partial charge in [0.1, 0.15) is 11.9 Å². The summed E-state index contributed by atoms with van der Waals surface area (Å²) in [5.41, 5.74) is 2.18. The van der Waals surface area contributed by atoms with E-state index < -0.39 is 11.7 Å². The lowest BCUT2D eigenvalue weighted by Crippen LogP contribution is -2.36. The van der Waals surface area contributed by atoms with Gasteiger partial charge in [-0.05, 0) is 38.8 Å². The van der Waals surface area contributed by atoms with E-state index in [1.54, 1.807) is 0 Å². The molecule has 26 heavy (non-hydrogen) atoms. The van der Waals surface area contributed by atoms with Crippen molar-refractivity contribution in [2.24, 2.45) is 0 Å². The minimum absolute atomic E-state index is 0.319. The molecule has 3 aromatic rings. The van der Waals surface area contributed by atoms with Gasteiger partial charge in [0.2, 0.25) is 0 Å². The molecule has 0 bridgehead atoms. The monoisotopic (exact) mass is 349 g/mol. The fraction of sp³-hybridized carbons (Fsp3) is 0.286. The largest absolute Gasteiger partial charge is 0.444 e. The summed E-state index contributed by atoms with van der Waals surface area (Å²) in [7, 11) is 0. The van der Waals surface area contributed by atoms with Crippen LogP contribution < -0.4 is 5.32 Å². The molecule has 5 nitrogen and oxygen atoms in total. The minimum Gasteiger partial charge on any atom is -0.444 e. The van der Waals surface area contributed by atoms with Gasteiger partial charge in [-0.2, -0.15) is 0 Å². The van der Waals surface area contributed by atoms with E-state index in [1.165, 1.54) is 6.33 Å². The molecule has 1 unspecified atom stereocenters. The van der Waals surface area contributed by atoms with Crippen molar-refractivity contribution < 1.29 is 9.53 Å². The highest BCUT2D eigenvalue weighted by Gasteiger charge is 2.23. The van der Waals surface area contributed by atoms with Crippen molar-refractivity contribution in [1.82, 2.24) is 15.3 Å². The van der Waals surface area contributed by atoms with Crippen LogP contribution in [-0.4, -0.2) is 21.7 Å². The number of hydrogen-bond donors (Lipinski definition) is 1. The SMILES string of the molecule is CC(C)(C)OC(=O)NC(Cc1ccccc1)c1ncnc2ccccc12. The lowest BCUT2D eigenvalue weighted by Gasteiger charge is -2.24. The zero-order valence-corrected chi connectivity index (χ0v) is 15.3. The van der Waals surface area contributed by atoms with Crippen LogP contribution in [0, 0.1) is 0 Å². The van der Waals surface area contributed by atoms with Gasteiger partial charge in [0.05, 0.1) is 17.3 Å². The van der Waals surface area contributed by atoms with Crippen molar-refractivity contribution in [2.45, 2.75) is 38.8 Å². The van der Waals surface area contributed by atoms with Crippen LogP contribution in [0.4, 0.5) is 4.79 Å². The van der Waals surface area contributed by atoms with Gasteiger partial charge in [-0.3, -0.25) is 0 Å². The van der Waals surface area contributed by atoms with Gasteiger partial charge < -0.3 is 10.1 Å². The van der Waals surface area contributed by atoms with Gasteiger partial charge in [-0.1, -0.05) is 48.5 Å². The van der Waals surface area contributed by atoms with Crippen molar-refractivity contribution >= 4 is 17.0 Å². The summed E-state index contributed by atoms with van der Waals surface area (Å²) in [6.07, 6.45) is 1.69. The Morgan fingerprint density at radius 1 is 1.04 bits per heavy atom. The summed E-state index contributed by atoms with van der Waals surface area (Å²) in [5.74, 6) is 0. The van der Waals surface area contributed by atoms with Gasteiger partial charge in [0.15, 0.2) is 0 Å². The fourth-order valence-electron chi connectivity index (χ4n) is 2.82. The number of carbonyl (C=O) groups excluding carboxylic acids is 1. The summed E-state index contributed by atoms with van der Waals surface area (Å²) in [4.78, 5) is 21.2. The van der Waals surface area contributed by atoms with Gasteiger partial charge in [-0.15, -0.1) is 0 Å². The Morgan fingerprint density at radius 3 is 2.46 bits per heavy atom. The molecule has 134 valence electrons. The number of fused-ring (bicyclic) bond motifs is 1. The third-order valence-corrected chi connectivity index (χ3v) is 3.88. The van der Waals surface area contributed by atoms with Crippen molar-refractivity contribution in [3.63, 3.8) is 0 Å². The number of amides is 1. The van der Waals surface area contributed by atoms with E-state index in [4.69, 9.17) is 4.74 Å². The maximum absolute atomic E-state index is 12.4. The Labute approximate surface area is 153 Å². The number of ether oxygens (including phenoxy) is 1. The molecular weight excluding hydrogens is 326 g/mol. The molecule has 0 aliphatic carbocycles. The third kappa shape index (κ3) is 4.57. The number of nitrogens with zero attached hydrogens (tertiary/aromatic N) is 2. The van der Waals surface area contributed by atoms with Crippen molar-refractivity contribution in [3.05, 3.63) is 72.2 Å². The predicted octanol–water partition coefficient (Wildman–Crippen LogP) is 4.44. The smallest absolute Gasteiger partial charge is 0.408 e. The second-order valence-corrected chi connectivity index (χ2v) is 7.16. The number of alkyl carbamates (subject to hydrolysis) is 1. The number of nitrogens with one attached hydrogen (secondary N) is 1. The van der Waals surface area contributed by atoms with E-state index in [9.17, 15) is 4.79 Å².